The van der Waals surface area contributed by atoms with E-state index in [1.165, 1.54) is 18.7 Å². The molecule has 0 saturated heterocycles. The average molecular weight is 556 g/mol. The van der Waals surface area contributed by atoms with Crippen molar-refractivity contribution in [1.82, 2.24) is 20.1 Å². The van der Waals surface area contributed by atoms with Gasteiger partial charge in [0.25, 0.3) is 11.8 Å². The van der Waals surface area contributed by atoms with E-state index in [1.54, 1.807) is 55.6 Å². The molecule has 0 unspecified atom stereocenters. The van der Waals surface area contributed by atoms with E-state index in [0.717, 1.165) is 10.6 Å². The maximum absolute atomic E-state index is 13.2. The van der Waals surface area contributed by atoms with Gasteiger partial charge in [-0.3, -0.25) is 23.7 Å². The quantitative estimate of drug-likeness (QED) is 0.178. The van der Waals surface area contributed by atoms with Gasteiger partial charge in [0.05, 0.1) is 35.4 Å². The summed E-state index contributed by atoms with van der Waals surface area (Å²) < 4.78 is 7.20. The van der Waals surface area contributed by atoms with Gasteiger partial charge in [-0.05, 0) is 36.4 Å². The molecule has 5 rings (SSSR count). The fourth-order valence-electron chi connectivity index (χ4n) is 4.37. The number of carbonyl (C=O) groups excluding carboxylic acids is 4. The number of anilines is 1. The van der Waals surface area contributed by atoms with Gasteiger partial charge >= 0.3 is 0 Å². The molecule has 0 fully saturated rings. The minimum atomic E-state index is -0.419. The van der Waals surface area contributed by atoms with Crippen molar-refractivity contribution in [2.75, 3.05) is 24.3 Å². The molecule has 1 aromatic heterocycles. The molecule has 0 bridgehead atoms. The lowest BCUT2D eigenvalue weighted by Gasteiger charge is -2.15. The molecule has 1 aliphatic rings. The van der Waals surface area contributed by atoms with E-state index in [2.05, 4.69) is 15.5 Å². The molecule has 202 valence electrons. The van der Waals surface area contributed by atoms with Crippen LogP contribution in [0.1, 0.15) is 43.8 Å². The number of carbonyl (C=O) groups is 4. The van der Waals surface area contributed by atoms with Crippen molar-refractivity contribution in [2.24, 2.45) is 0 Å². The summed E-state index contributed by atoms with van der Waals surface area (Å²) in [5, 5.41) is 11.9. The first-order valence-corrected chi connectivity index (χ1v) is 13.4. The van der Waals surface area contributed by atoms with Crippen LogP contribution in [0.4, 0.5) is 5.69 Å². The number of benzene rings is 3. The van der Waals surface area contributed by atoms with Crippen LogP contribution in [0.3, 0.4) is 0 Å². The second kappa shape index (κ2) is 11.5. The lowest BCUT2D eigenvalue weighted by molar-refractivity contribution is -0.118. The minimum Gasteiger partial charge on any atom is -0.497 e. The van der Waals surface area contributed by atoms with Gasteiger partial charge in [-0.15, -0.1) is 10.2 Å². The van der Waals surface area contributed by atoms with Crippen LogP contribution < -0.4 is 15.0 Å². The predicted octanol–water partition coefficient (Wildman–Crippen LogP) is 3.73. The molecule has 1 aliphatic heterocycles. The molecule has 0 spiro atoms. The van der Waals surface area contributed by atoms with Crippen molar-refractivity contribution < 1.29 is 23.9 Å². The van der Waals surface area contributed by atoms with Crippen molar-refractivity contribution in [2.45, 2.75) is 18.5 Å². The zero-order valence-electron chi connectivity index (χ0n) is 21.8. The number of thioether (sulfide) groups is 1. The van der Waals surface area contributed by atoms with E-state index in [-0.39, 0.29) is 17.4 Å². The number of nitrogens with zero attached hydrogens (tertiary/aromatic N) is 4. The fourth-order valence-corrected chi connectivity index (χ4v) is 5.24. The van der Waals surface area contributed by atoms with Gasteiger partial charge in [-0.25, -0.2) is 4.90 Å². The van der Waals surface area contributed by atoms with E-state index in [9.17, 15) is 19.2 Å². The Morgan fingerprint density at radius 3 is 2.30 bits per heavy atom. The number of ketones is 1. The Balaban J connectivity index is 1.36. The number of hydrogen-bond donors (Lipinski definition) is 1. The van der Waals surface area contributed by atoms with Crippen LogP contribution in [0.15, 0.2) is 78.0 Å². The Kier molecular flexibility index (Phi) is 7.74. The Labute approximate surface area is 234 Å². The highest BCUT2D eigenvalue weighted by atomic mass is 32.2. The van der Waals surface area contributed by atoms with Gasteiger partial charge < -0.3 is 10.1 Å². The maximum Gasteiger partial charge on any atom is 0.266 e. The number of ether oxygens (including phenoxy) is 1. The molecule has 11 heteroatoms. The minimum absolute atomic E-state index is 0.0410. The number of rotatable bonds is 10. The third kappa shape index (κ3) is 5.36. The predicted molar refractivity (Wildman–Crippen MR) is 149 cm³/mol. The Morgan fingerprint density at radius 2 is 1.60 bits per heavy atom. The second-order valence-electron chi connectivity index (χ2n) is 8.92. The summed E-state index contributed by atoms with van der Waals surface area (Å²) in [5.41, 5.74) is 2.13. The number of Topliss-reactive ketones (excluding diaryl/α,β-unsaturated/α-hetero) is 1. The Morgan fingerprint density at radius 1 is 0.900 bits per heavy atom. The van der Waals surface area contributed by atoms with Crippen molar-refractivity contribution in [3.63, 3.8) is 0 Å². The largest absolute Gasteiger partial charge is 0.497 e. The first-order chi connectivity index (χ1) is 19.4. The third-order valence-electron chi connectivity index (χ3n) is 6.29. The molecule has 3 aromatic carbocycles. The number of fused-ring (bicyclic) bond motifs is 1. The lowest BCUT2D eigenvalue weighted by Crippen LogP contribution is -2.29. The second-order valence-corrected chi connectivity index (χ2v) is 9.86. The molecule has 1 N–H and O–H groups in total. The molecular formula is C29H25N5O5S. The standard InChI is InChI=1S/C29H25N5O5S/c1-18(35)30-14-13-26-31-32-29(33(26)21-9-6-10-22(16-21)39-2)40-17-25(36)19-7-5-8-20(15-19)34-27(37)23-11-3-4-12-24(23)28(34)38/h3-12,15-16H,13-14,17H2,1-2H3,(H,30,35). The highest BCUT2D eigenvalue weighted by Crippen LogP contribution is 2.30. The van der Waals surface area contributed by atoms with Crippen LogP contribution in [0, 0.1) is 0 Å². The van der Waals surface area contributed by atoms with E-state index >= 15 is 0 Å². The summed E-state index contributed by atoms with van der Waals surface area (Å²) in [6.07, 6.45) is 0.431. The smallest absolute Gasteiger partial charge is 0.266 e. The van der Waals surface area contributed by atoms with E-state index < -0.39 is 11.8 Å². The van der Waals surface area contributed by atoms with Gasteiger partial charge in [-0.1, -0.05) is 42.1 Å². The van der Waals surface area contributed by atoms with E-state index in [4.69, 9.17) is 4.74 Å². The summed E-state index contributed by atoms with van der Waals surface area (Å²) >= 11 is 1.21. The maximum atomic E-state index is 13.2. The van der Waals surface area contributed by atoms with E-state index in [1.807, 2.05) is 28.8 Å². The fraction of sp³-hybridized carbons (Fsp3) is 0.172. The molecule has 2 heterocycles. The zero-order chi connectivity index (χ0) is 28.2. The molecule has 4 aromatic rings. The van der Waals surface area contributed by atoms with Crippen LogP contribution in [0.5, 0.6) is 5.75 Å². The molecule has 0 saturated carbocycles. The third-order valence-corrected chi connectivity index (χ3v) is 7.22. The van der Waals surface area contributed by atoms with Gasteiger partial charge in [0.15, 0.2) is 10.9 Å². The monoisotopic (exact) mass is 555 g/mol. The zero-order valence-corrected chi connectivity index (χ0v) is 22.6. The molecule has 0 radical (unpaired) electrons. The molecule has 10 nitrogen and oxygen atoms in total. The van der Waals surface area contributed by atoms with Crippen LogP contribution in [-0.2, 0) is 11.2 Å². The van der Waals surface area contributed by atoms with Crippen molar-refractivity contribution in [3.05, 3.63) is 95.3 Å². The molecule has 0 atom stereocenters. The topological polar surface area (TPSA) is 123 Å². The van der Waals surface area contributed by atoms with Crippen molar-refractivity contribution in [1.29, 1.82) is 0 Å². The normalized spacial score (nSPS) is 12.4. The van der Waals surface area contributed by atoms with Gasteiger partial charge in [-0.2, -0.15) is 0 Å². The average Bonchev–Trinajstić information content (AvgIpc) is 3.49. The number of methoxy groups -OCH3 is 1. The van der Waals surface area contributed by atoms with Crippen LogP contribution in [-0.4, -0.2) is 57.7 Å². The number of aromatic nitrogens is 3. The van der Waals surface area contributed by atoms with Gasteiger partial charge in [0.1, 0.15) is 11.6 Å². The van der Waals surface area contributed by atoms with Crippen LogP contribution in [0.2, 0.25) is 0 Å². The van der Waals surface area contributed by atoms with Gasteiger partial charge in [0.2, 0.25) is 5.91 Å². The first-order valence-electron chi connectivity index (χ1n) is 12.4. The number of hydrogen-bond acceptors (Lipinski definition) is 8. The summed E-state index contributed by atoms with van der Waals surface area (Å²) in [6, 6.07) is 20.5. The van der Waals surface area contributed by atoms with Crippen LogP contribution >= 0.6 is 11.8 Å². The summed E-state index contributed by atoms with van der Waals surface area (Å²) in [5.74, 6) is 0.120. The van der Waals surface area contributed by atoms with Gasteiger partial charge in [0, 0.05) is 31.5 Å². The summed E-state index contributed by atoms with van der Waals surface area (Å²) in [6.45, 7) is 1.83. The highest BCUT2D eigenvalue weighted by Gasteiger charge is 2.36. The molecule has 0 aliphatic carbocycles. The molecule has 3 amide bonds. The first kappa shape index (κ1) is 26.8. The number of nitrogens with one attached hydrogen (secondary N) is 1. The van der Waals surface area contributed by atoms with E-state index in [0.29, 0.717) is 52.1 Å². The Hall–Kier alpha value is -4.77. The van der Waals surface area contributed by atoms with Crippen molar-refractivity contribution in [3.8, 4) is 11.4 Å². The number of amides is 3. The van der Waals surface area contributed by atoms with Crippen LogP contribution in [0.25, 0.3) is 5.69 Å². The summed E-state index contributed by atoms with van der Waals surface area (Å²) in [4.78, 5) is 51.5. The number of imide groups is 1. The molecular weight excluding hydrogens is 530 g/mol. The Bertz CT molecular complexity index is 1600. The summed E-state index contributed by atoms with van der Waals surface area (Å²) in [7, 11) is 1.58. The molecule has 40 heavy (non-hydrogen) atoms. The lowest BCUT2D eigenvalue weighted by atomic mass is 10.1. The highest BCUT2D eigenvalue weighted by molar-refractivity contribution is 7.99. The van der Waals surface area contributed by atoms with Crippen molar-refractivity contribution >= 4 is 41.0 Å². The SMILES string of the molecule is COc1cccc(-n2c(CCNC(C)=O)nnc2SCC(=O)c2cccc(N3C(=O)c4ccccc4C3=O)c2)c1.